The van der Waals surface area contributed by atoms with E-state index in [9.17, 15) is 17.6 Å². The van der Waals surface area contributed by atoms with Gasteiger partial charge in [0.05, 0.1) is 27.4 Å². The Bertz CT molecular complexity index is 1490. The number of pyridine rings is 1. The molecule has 0 spiro atoms. The van der Waals surface area contributed by atoms with Crippen molar-refractivity contribution in [2.75, 3.05) is 11.4 Å². The fourth-order valence-electron chi connectivity index (χ4n) is 4.38. The lowest BCUT2D eigenvalue weighted by Crippen LogP contribution is -2.47. The van der Waals surface area contributed by atoms with E-state index in [2.05, 4.69) is 18.0 Å². The first-order chi connectivity index (χ1) is 17.4. The number of benzene rings is 2. The van der Waals surface area contributed by atoms with Crippen LogP contribution in [0.3, 0.4) is 0 Å². The Balaban J connectivity index is 1.52. The summed E-state index contributed by atoms with van der Waals surface area (Å²) in [6.45, 7) is 2.46. The quantitative estimate of drug-likeness (QED) is 0.348. The van der Waals surface area contributed by atoms with Crippen LogP contribution in [0, 0.1) is 5.82 Å². The van der Waals surface area contributed by atoms with Crippen LogP contribution in [0.1, 0.15) is 31.0 Å². The van der Waals surface area contributed by atoms with Crippen molar-refractivity contribution in [3.05, 3.63) is 83.9 Å². The molecule has 36 heavy (non-hydrogen) atoms. The van der Waals surface area contributed by atoms with E-state index >= 15 is 0 Å². The molecule has 2 aromatic carbocycles. The molecule has 0 N–H and O–H groups in total. The number of aromatic nitrogens is 2. The predicted octanol–water partition coefficient (Wildman–Crippen LogP) is 4.78. The molecule has 1 aliphatic rings. The van der Waals surface area contributed by atoms with Crippen molar-refractivity contribution in [3.8, 4) is 0 Å². The molecule has 1 fully saturated rings. The number of aryl methyl sites for hydroxylation is 1. The smallest absolute Gasteiger partial charge is 0.247 e. The molecule has 1 saturated heterocycles. The number of rotatable bonds is 7. The molecule has 10 heteroatoms. The van der Waals surface area contributed by atoms with Gasteiger partial charge in [0.2, 0.25) is 15.9 Å². The maximum atomic E-state index is 14.0. The molecule has 0 saturated carbocycles. The second-order valence-corrected chi connectivity index (χ2v) is 11.5. The van der Waals surface area contributed by atoms with Crippen LogP contribution >= 0.6 is 11.3 Å². The van der Waals surface area contributed by atoms with Crippen molar-refractivity contribution in [2.45, 2.75) is 43.7 Å². The zero-order valence-corrected chi connectivity index (χ0v) is 21.3. The highest BCUT2D eigenvalue weighted by atomic mass is 32.2. The van der Waals surface area contributed by atoms with Gasteiger partial charge in [-0.2, -0.15) is 4.31 Å². The molecule has 0 bridgehead atoms. The van der Waals surface area contributed by atoms with Gasteiger partial charge in [-0.25, -0.2) is 17.8 Å². The van der Waals surface area contributed by atoms with Crippen LogP contribution in [0.4, 0.5) is 9.52 Å². The Hall–Kier alpha value is -3.21. The second kappa shape index (κ2) is 10.0. The summed E-state index contributed by atoms with van der Waals surface area (Å²) >= 11 is 1.40. The fraction of sp³-hybridized carbons (Fsp3) is 0.269. The van der Waals surface area contributed by atoms with Gasteiger partial charge in [0.15, 0.2) is 5.13 Å². The maximum Gasteiger partial charge on any atom is 0.247 e. The summed E-state index contributed by atoms with van der Waals surface area (Å²) in [4.78, 5) is 24.6. The zero-order chi connectivity index (χ0) is 25.3. The van der Waals surface area contributed by atoms with Crippen LogP contribution in [0.15, 0.2) is 71.8 Å². The third-order valence-corrected chi connectivity index (χ3v) is 9.27. The van der Waals surface area contributed by atoms with E-state index in [1.807, 2.05) is 24.3 Å². The van der Waals surface area contributed by atoms with Crippen LogP contribution in [-0.4, -0.2) is 41.2 Å². The topological polar surface area (TPSA) is 83.5 Å². The number of amides is 1. The average Bonchev–Trinajstić information content (AvgIpc) is 3.55. The van der Waals surface area contributed by atoms with Gasteiger partial charge < -0.3 is 0 Å². The first-order valence-corrected chi connectivity index (χ1v) is 14.0. The lowest BCUT2D eigenvalue weighted by molar-refractivity contribution is -0.121. The summed E-state index contributed by atoms with van der Waals surface area (Å²) in [6.07, 6.45) is 3.49. The molecular formula is C26H25FN4O3S2. The summed E-state index contributed by atoms with van der Waals surface area (Å²) in [6, 6.07) is 15.3. The number of anilines is 1. The van der Waals surface area contributed by atoms with Crippen LogP contribution in [0.2, 0.25) is 0 Å². The van der Waals surface area contributed by atoms with Gasteiger partial charge in [-0.05, 0) is 73.4 Å². The Morgan fingerprint density at radius 1 is 1.17 bits per heavy atom. The monoisotopic (exact) mass is 524 g/mol. The molecule has 0 aliphatic carbocycles. The largest absolute Gasteiger partial charge is 0.281 e. The minimum absolute atomic E-state index is 0.0352. The SMILES string of the molecule is CCc1ccc2nc(N(Cc3ccccn3)C(=O)C3CCCN3S(=O)(=O)c3ccc(F)cc3)sc2c1. The Morgan fingerprint density at radius 2 is 1.97 bits per heavy atom. The van der Waals surface area contributed by atoms with Crippen molar-refractivity contribution in [1.82, 2.24) is 14.3 Å². The predicted molar refractivity (Wildman–Crippen MR) is 138 cm³/mol. The van der Waals surface area contributed by atoms with E-state index in [0.29, 0.717) is 23.7 Å². The fourth-order valence-corrected chi connectivity index (χ4v) is 7.07. The highest BCUT2D eigenvalue weighted by Gasteiger charge is 2.42. The van der Waals surface area contributed by atoms with E-state index < -0.39 is 21.9 Å². The average molecular weight is 525 g/mol. The third kappa shape index (κ3) is 4.76. The summed E-state index contributed by atoms with van der Waals surface area (Å²) in [5.41, 5.74) is 2.63. The number of nitrogens with zero attached hydrogens (tertiary/aromatic N) is 4. The van der Waals surface area contributed by atoms with Crippen LogP contribution < -0.4 is 4.90 Å². The number of fused-ring (bicyclic) bond motifs is 1. The summed E-state index contributed by atoms with van der Waals surface area (Å²) in [5.74, 6) is -0.870. The van der Waals surface area contributed by atoms with Crippen LogP contribution in [-0.2, 0) is 27.8 Å². The van der Waals surface area contributed by atoms with Gasteiger partial charge in [0.1, 0.15) is 11.9 Å². The second-order valence-electron chi connectivity index (χ2n) is 8.63. The van der Waals surface area contributed by atoms with E-state index in [-0.39, 0.29) is 23.9 Å². The normalized spacial score (nSPS) is 16.4. The molecule has 1 aliphatic heterocycles. The summed E-state index contributed by atoms with van der Waals surface area (Å²) in [7, 11) is -3.99. The summed E-state index contributed by atoms with van der Waals surface area (Å²) in [5, 5.41) is 0.500. The van der Waals surface area contributed by atoms with Gasteiger partial charge in [-0.15, -0.1) is 0 Å². The van der Waals surface area contributed by atoms with Crippen molar-refractivity contribution < 1.29 is 17.6 Å². The van der Waals surface area contributed by atoms with Crippen molar-refractivity contribution in [1.29, 1.82) is 0 Å². The highest BCUT2D eigenvalue weighted by molar-refractivity contribution is 7.89. The van der Waals surface area contributed by atoms with Gasteiger partial charge >= 0.3 is 0 Å². The number of hydrogen-bond donors (Lipinski definition) is 0. The van der Waals surface area contributed by atoms with Gasteiger partial charge in [-0.3, -0.25) is 14.7 Å². The Kier molecular flexibility index (Phi) is 6.83. The minimum atomic E-state index is -3.99. The highest BCUT2D eigenvalue weighted by Crippen LogP contribution is 2.34. The van der Waals surface area contributed by atoms with E-state index in [1.165, 1.54) is 33.3 Å². The van der Waals surface area contributed by atoms with Gasteiger partial charge in [0.25, 0.3) is 0 Å². The molecule has 3 heterocycles. The van der Waals surface area contributed by atoms with Gasteiger partial charge in [-0.1, -0.05) is 30.4 Å². The number of carbonyl (C=O) groups is 1. The number of thiazole rings is 1. The molecule has 1 unspecified atom stereocenters. The Labute approximate surface area is 213 Å². The number of sulfonamides is 1. The zero-order valence-electron chi connectivity index (χ0n) is 19.7. The minimum Gasteiger partial charge on any atom is -0.281 e. The lowest BCUT2D eigenvalue weighted by atomic mass is 10.2. The third-order valence-electron chi connectivity index (χ3n) is 6.30. The van der Waals surface area contributed by atoms with E-state index in [0.717, 1.165) is 28.8 Å². The van der Waals surface area contributed by atoms with Crippen molar-refractivity contribution >= 4 is 42.6 Å². The molecule has 5 rings (SSSR count). The lowest BCUT2D eigenvalue weighted by Gasteiger charge is -2.28. The van der Waals surface area contributed by atoms with Crippen molar-refractivity contribution in [3.63, 3.8) is 0 Å². The van der Waals surface area contributed by atoms with Crippen LogP contribution in [0.25, 0.3) is 10.2 Å². The van der Waals surface area contributed by atoms with E-state index in [4.69, 9.17) is 4.98 Å². The first-order valence-electron chi connectivity index (χ1n) is 11.7. The number of carbonyl (C=O) groups excluding carboxylic acids is 1. The van der Waals surface area contributed by atoms with E-state index in [1.54, 1.807) is 17.2 Å². The summed E-state index contributed by atoms with van der Waals surface area (Å²) < 4.78 is 42.4. The number of hydrogen-bond acceptors (Lipinski definition) is 6. The number of halogens is 1. The molecular weight excluding hydrogens is 499 g/mol. The Morgan fingerprint density at radius 3 is 2.69 bits per heavy atom. The van der Waals surface area contributed by atoms with Crippen LogP contribution in [0.5, 0.6) is 0 Å². The molecule has 2 aromatic heterocycles. The molecule has 7 nitrogen and oxygen atoms in total. The molecule has 4 aromatic rings. The molecule has 186 valence electrons. The van der Waals surface area contributed by atoms with Gasteiger partial charge in [0, 0.05) is 12.7 Å². The molecule has 1 amide bonds. The maximum absolute atomic E-state index is 14.0. The standard InChI is InChI=1S/C26H25FN4O3S2/c1-2-18-8-13-22-24(16-18)35-26(29-22)30(17-20-6-3-4-14-28-20)25(32)23-7-5-15-31(23)36(33,34)21-11-9-19(27)10-12-21/h3-4,6,8-14,16,23H,2,5,7,15,17H2,1H3. The molecule has 0 radical (unpaired) electrons. The first kappa shape index (κ1) is 24.5. The molecule has 1 atom stereocenters. The van der Waals surface area contributed by atoms with Crippen molar-refractivity contribution in [2.24, 2.45) is 0 Å².